The summed E-state index contributed by atoms with van der Waals surface area (Å²) in [6.07, 6.45) is -0.0165. The van der Waals surface area contributed by atoms with Gasteiger partial charge < -0.3 is 9.47 Å². The summed E-state index contributed by atoms with van der Waals surface area (Å²) in [7, 11) is 1.47. The number of para-hydroxylation sites is 1. The van der Waals surface area contributed by atoms with E-state index in [-0.39, 0.29) is 31.0 Å². The van der Waals surface area contributed by atoms with Crippen molar-refractivity contribution in [2.45, 2.75) is 26.7 Å². The van der Waals surface area contributed by atoms with Crippen LogP contribution >= 0.6 is 0 Å². The van der Waals surface area contributed by atoms with Gasteiger partial charge in [0.15, 0.2) is 12.4 Å². The van der Waals surface area contributed by atoms with Gasteiger partial charge in [-0.15, -0.1) is 0 Å². The summed E-state index contributed by atoms with van der Waals surface area (Å²) in [4.78, 5) is 36.3. The highest BCUT2D eigenvalue weighted by atomic mass is 16.5. The molecule has 136 valence electrons. The van der Waals surface area contributed by atoms with E-state index in [4.69, 9.17) is 9.47 Å². The number of carbonyl (C=O) groups is 3. The largest absolute Gasteiger partial charge is 0.496 e. The van der Waals surface area contributed by atoms with E-state index in [0.29, 0.717) is 16.9 Å². The van der Waals surface area contributed by atoms with Crippen LogP contribution in [0.15, 0.2) is 42.5 Å². The number of benzene rings is 2. The van der Waals surface area contributed by atoms with Crippen LogP contribution in [0.1, 0.15) is 44.7 Å². The van der Waals surface area contributed by atoms with Crippen molar-refractivity contribution in [1.29, 1.82) is 0 Å². The molecule has 0 unspecified atom stereocenters. The van der Waals surface area contributed by atoms with Crippen LogP contribution in [-0.4, -0.2) is 31.3 Å². The van der Waals surface area contributed by atoms with Crippen molar-refractivity contribution in [3.8, 4) is 5.75 Å². The van der Waals surface area contributed by atoms with Gasteiger partial charge >= 0.3 is 5.97 Å². The van der Waals surface area contributed by atoms with Gasteiger partial charge in [-0.2, -0.15) is 0 Å². The molecule has 2 aromatic rings. The number of ether oxygens (including phenoxy) is 2. The van der Waals surface area contributed by atoms with Gasteiger partial charge in [0.05, 0.1) is 19.1 Å². The van der Waals surface area contributed by atoms with E-state index in [0.717, 1.165) is 11.1 Å². The lowest BCUT2D eigenvalue weighted by Crippen LogP contribution is -2.16. The molecule has 0 atom stereocenters. The van der Waals surface area contributed by atoms with Gasteiger partial charge in [0.1, 0.15) is 5.75 Å². The average Bonchev–Trinajstić information content (AvgIpc) is 2.65. The van der Waals surface area contributed by atoms with Crippen LogP contribution in [0.5, 0.6) is 5.75 Å². The molecule has 0 aliphatic carbocycles. The highest BCUT2D eigenvalue weighted by Gasteiger charge is 2.16. The number of rotatable bonds is 8. The molecule has 0 heterocycles. The van der Waals surface area contributed by atoms with Crippen LogP contribution in [0.25, 0.3) is 0 Å². The molecule has 0 aliphatic heterocycles. The molecule has 0 N–H and O–H groups in total. The predicted molar refractivity (Wildman–Crippen MR) is 97.8 cm³/mol. The van der Waals surface area contributed by atoms with E-state index in [1.165, 1.54) is 7.11 Å². The fraction of sp³-hybridized carbons (Fsp3) is 0.286. The van der Waals surface area contributed by atoms with Crippen molar-refractivity contribution in [1.82, 2.24) is 0 Å². The molecule has 0 saturated carbocycles. The highest BCUT2D eigenvalue weighted by molar-refractivity contribution is 6.01. The molecule has 0 amide bonds. The minimum atomic E-state index is -0.577. The topological polar surface area (TPSA) is 69.7 Å². The summed E-state index contributed by atoms with van der Waals surface area (Å²) in [5.41, 5.74) is 2.83. The molecule has 0 bridgehead atoms. The molecule has 0 aromatic heterocycles. The van der Waals surface area contributed by atoms with Gasteiger partial charge in [0, 0.05) is 12.0 Å². The molecule has 0 aliphatic rings. The Bertz CT molecular complexity index is 823. The summed E-state index contributed by atoms with van der Waals surface area (Å²) in [6, 6.07) is 12.4. The molecule has 0 saturated heterocycles. The number of hydrogen-bond acceptors (Lipinski definition) is 5. The van der Waals surface area contributed by atoms with E-state index in [9.17, 15) is 14.4 Å². The lowest BCUT2D eigenvalue weighted by Gasteiger charge is -2.08. The number of hydrogen-bond donors (Lipinski definition) is 0. The van der Waals surface area contributed by atoms with E-state index in [2.05, 4.69) is 0 Å². The van der Waals surface area contributed by atoms with Crippen molar-refractivity contribution < 1.29 is 23.9 Å². The Morgan fingerprint density at radius 2 is 1.62 bits per heavy atom. The summed E-state index contributed by atoms with van der Waals surface area (Å²) < 4.78 is 10.1. The molecular formula is C21H22O5. The second-order valence-corrected chi connectivity index (χ2v) is 6.03. The maximum Gasteiger partial charge on any atom is 0.306 e. The third-order valence-electron chi connectivity index (χ3n) is 4.02. The minimum Gasteiger partial charge on any atom is -0.496 e. The average molecular weight is 354 g/mol. The number of carbonyl (C=O) groups excluding carboxylic acids is 3. The van der Waals surface area contributed by atoms with Crippen LogP contribution in [0.4, 0.5) is 0 Å². The summed E-state index contributed by atoms with van der Waals surface area (Å²) in [5.74, 6) is -0.610. The summed E-state index contributed by atoms with van der Waals surface area (Å²) in [5, 5.41) is 0. The van der Waals surface area contributed by atoms with Crippen molar-refractivity contribution >= 4 is 17.5 Å². The van der Waals surface area contributed by atoms with Crippen molar-refractivity contribution in [3.63, 3.8) is 0 Å². The van der Waals surface area contributed by atoms with Gasteiger partial charge in [-0.05, 0) is 37.6 Å². The second kappa shape index (κ2) is 8.94. The van der Waals surface area contributed by atoms with E-state index in [1.807, 2.05) is 32.0 Å². The van der Waals surface area contributed by atoms with Gasteiger partial charge in [-0.25, -0.2) is 0 Å². The summed E-state index contributed by atoms with van der Waals surface area (Å²) >= 11 is 0. The second-order valence-electron chi connectivity index (χ2n) is 6.03. The first-order valence-corrected chi connectivity index (χ1v) is 8.34. The molecule has 26 heavy (non-hydrogen) atoms. The van der Waals surface area contributed by atoms with E-state index < -0.39 is 5.97 Å². The number of esters is 1. The van der Waals surface area contributed by atoms with Crippen LogP contribution in [0, 0.1) is 13.8 Å². The zero-order valence-corrected chi connectivity index (χ0v) is 15.2. The molecule has 0 spiro atoms. The van der Waals surface area contributed by atoms with Crippen LogP contribution in [0.3, 0.4) is 0 Å². The molecule has 2 aromatic carbocycles. The predicted octanol–water partition coefficient (Wildman–Crippen LogP) is 3.70. The van der Waals surface area contributed by atoms with Crippen LogP contribution < -0.4 is 4.74 Å². The standard InChI is InChI=1S/C21H22O5/c1-14-8-9-15(2)17(12-14)18(22)10-11-21(24)26-13-19(23)16-6-4-5-7-20(16)25-3/h4-9,12H,10-11,13H2,1-3H3. The van der Waals surface area contributed by atoms with E-state index >= 15 is 0 Å². The molecule has 2 rings (SSSR count). The Hall–Kier alpha value is -2.95. The fourth-order valence-corrected chi connectivity index (χ4v) is 2.56. The first kappa shape index (κ1) is 19.4. The number of methoxy groups -OCH3 is 1. The normalized spacial score (nSPS) is 10.3. The van der Waals surface area contributed by atoms with Crippen LogP contribution in [0.2, 0.25) is 0 Å². The van der Waals surface area contributed by atoms with Crippen molar-refractivity contribution in [2.75, 3.05) is 13.7 Å². The first-order valence-electron chi connectivity index (χ1n) is 8.34. The minimum absolute atomic E-state index is 0.0476. The smallest absolute Gasteiger partial charge is 0.306 e. The first-order chi connectivity index (χ1) is 12.4. The Morgan fingerprint density at radius 1 is 0.885 bits per heavy atom. The maximum absolute atomic E-state index is 12.3. The zero-order chi connectivity index (χ0) is 19.1. The Morgan fingerprint density at radius 3 is 2.35 bits per heavy atom. The van der Waals surface area contributed by atoms with Gasteiger partial charge in [0.25, 0.3) is 0 Å². The molecular weight excluding hydrogens is 332 g/mol. The monoisotopic (exact) mass is 354 g/mol. The molecule has 0 fully saturated rings. The highest BCUT2D eigenvalue weighted by Crippen LogP contribution is 2.18. The SMILES string of the molecule is COc1ccccc1C(=O)COC(=O)CCC(=O)c1cc(C)ccc1C. The Labute approximate surface area is 152 Å². The lowest BCUT2D eigenvalue weighted by molar-refractivity contribution is -0.142. The molecule has 5 nitrogen and oxygen atoms in total. The van der Waals surface area contributed by atoms with Gasteiger partial charge in [-0.1, -0.05) is 29.8 Å². The number of Topliss-reactive ketones (excluding diaryl/α,β-unsaturated/α-hetero) is 2. The lowest BCUT2D eigenvalue weighted by atomic mass is 9.99. The third kappa shape index (κ3) is 5.02. The van der Waals surface area contributed by atoms with E-state index in [1.54, 1.807) is 24.3 Å². The Balaban J connectivity index is 1.86. The fourth-order valence-electron chi connectivity index (χ4n) is 2.56. The van der Waals surface area contributed by atoms with Gasteiger partial charge in [0.2, 0.25) is 5.78 Å². The van der Waals surface area contributed by atoms with Crippen molar-refractivity contribution in [2.24, 2.45) is 0 Å². The molecule has 5 heteroatoms. The Kier molecular flexibility index (Phi) is 6.67. The molecule has 0 radical (unpaired) electrons. The summed E-state index contributed by atoms with van der Waals surface area (Å²) in [6.45, 7) is 3.39. The number of ketones is 2. The van der Waals surface area contributed by atoms with Gasteiger partial charge in [-0.3, -0.25) is 14.4 Å². The van der Waals surface area contributed by atoms with Crippen LogP contribution in [-0.2, 0) is 9.53 Å². The van der Waals surface area contributed by atoms with Crippen molar-refractivity contribution in [3.05, 3.63) is 64.7 Å². The zero-order valence-electron chi connectivity index (χ0n) is 15.2. The number of aryl methyl sites for hydroxylation is 2. The third-order valence-corrected chi connectivity index (χ3v) is 4.02. The quantitative estimate of drug-likeness (QED) is 0.534. The maximum atomic E-state index is 12.3.